The minimum atomic E-state index is -0.636. The maximum Gasteiger partial charge on any atom is 0.190 e. The molecule has 0 saturated carbocycles. The molecule has 1 fully saturated rings. The van der Waals surface area contributed by atoms with E-state index < -0.39 is 11.6 Å². The largest absolute Gasteiger partial charge is 0.486 e. The lowest BCUT2D eigenvalue weighted by Crippen LogP contribution is -2.33. The molecule has 0 atom stereocenters. The van der Waals surface area contributed by atoms with Crippen LogP contribution in [0.2, 0.25) is 0 Å². The molecule has 1 heterocycles. The van der Waals surface area contributed by atoms with Crippen LogP contribution in [0, 0.1) is 11.6 Å². The third-order valence-electron chi connectivity index (χ3n) is 3.02. The van der Waals surface area contributed by atoms with Gasteiger partial charge >= 0.3 is 0 Å². The number of piperidine rings is 1. The van der Waals surface area contributed by atoms with Crippen molar-refractivity contribution < 1.29 is 13.5 Å². The highest BCUT2D eigenvalue weighted by molar-refractivity contribution is 5.25. The molecule has 0 N–H and O–H groups in total. The fourth-order valence-corrected chi connectivity index (χ4v) is 2.08. The van der Waals surface area contributed by atoms with Crippen LogP contribution in [-0.4, -0.2) is 31.1 Å². The maximum absolute atomic E-state index is 13.2. The number of rotatable bonds is 4. The lowest BCUT2D eigenvalue weighted by molar-refractivity contribution is 0.177. The number of likely N-dealkylation sites (tertiary alicyclic amines) is 1. The summed E-state index contributed by atoms with van der Waals surface area (Å²) in [4.78, 5) is 2.27. The third kappa shape index (κ3) is 3.40. The lowest BCUT2D eigenvalue weighted by atomic mass is 10.1. The van der Waals surface area contributed by atoms with E-state index in [9.17, 15) is 8.78 Å². The van der Waals surface area contributed by atoms with Crippen LogP contribution in [0.25, 0.3) is 0 Å². The molecular weight excluding hydrogens is 224 g/mol. The number of benzene rings is 1. The van der Waals surface area contributed by atoms with Gasteiger partial charge in [0.15, 0.2) is 17.4 Å². The summed E-state index contributed by atoms with van der Waals surface area (Å²) < 4.78 is 31.7. The minimum absolute atomic E-state index is 0.260. The molecule has 17 heavy (non-hydrogen) atoms. The molecule has 94 valence electrons. The summed E-state index contributed by atoms with van der Waals surface area (Å²) >= 11 is 0. The van der Waals surface area contributed by atoms with E-state index in [1.807, 2.05) is 0 Å². The highest BCUT2D eigenvalue weighted by atomic mass is 19.1. The summed E-state index contributed by atoms with van der Waals surface area (Å²) in [5.74, 6) is -1.53. The molecule has 1 aliphatic heterocycles. The van der Waals surface area contributed by atoms with E-state index in [0.29, 0.717) is 6.61 Å². The van der Waals surface area contributed by atoms with Gasteiger partial charge in [-0.3, -0.25) is 4.90 Å². The number of para-hydroxylation sites is 1. The molecule has 2 rings (SSSR count). The zero-order chi connectivity index (χ0) is 12.1. The lowest BCUT2D eigenvalue weighted by Gasteiger charge is -2.26. The Balaban J connectivity index is 1.81. The summed E-state index contributed by atoms with van der Waals surface area (Å²) in [5, 5.41) is 0. The van der Waals surface area contributed by atoms with Gasteiger partial charge < -0.3 is 4.74 Å². The standard InChI is InChI=1S/C13H17F2NO/c14-11-5-4-6-12(15)13(11)17-10-9-16-7-2-1-3-8-16/h4-6H,1-3,7-10H2. The van der Waals surface area contributed by atoms with Crippen molar-refractivity contribution in [2.24, 2.45) is 0 Å². The monoisotopic (exact) mass is 241 g/mol. The van der Waals surface area contributed by atoms with E-state index in [1.165, 1.54) is 37.5 Å². The van der Waals surface area contributed by atoms with Crippen LogP contribution in [-0.2, 0) is 0 Å². The van der Waals surface area contributed by atoms with E-state index in [0.717, 1.165) is 19.6 Å². The Morgan fingerprint density at radius 2 is 1.71 bits per heavy atom. The Bertz CT molecular complexity index is 344. The van der Waals surface area contributed by atoms with E-state index in [2.05, 4.69) is 4.90 Å². The van der Waals surface area contributed by atoms with E-state index >= 15 is 0 Å². The Hall–Kier alpha value is -1.16. The van der Waals surface area contributed by atoms with Gasteiger partial charge in [-0.2, -0.15) is 0 Å². The van der Waals surface area contributed by atoms with Crippen LogP contribution in [0.15, 0.2) is 18.2 Å². The summed E-state index contributed by atoms with van der Waals surface area (Å²) in [7, 11) is 0. The van der Waals surface area contributed by atoms with Crippen LogP contribution in [0.3, 0.4) is 0 Å². The zero-order valence-electron chi connectivity index (χ0n) is 9.79. The summed E-state index contributed by atoms with van der Waals surface area (Å²) in [6.45, 7) is 3.18. The highest BCUT2D eigenvalue weighted by Gasteiger charge is 2.12. The van der Waals surface area contributed by atoms with Crippen LogP contribution in [0.1, 0.15) is 19.3 Å². The predicted octanol–water partition coefficient (Wildman–Crippen LogP) is 2.83. The van der Waals surface area contributed by atoms with Crippen molar-refractivity contribution in [1.29, 1.82) is 0 Å². The molecule has 2 nitrogen and oxygen atoms in total. The number of hydrogen-bond donors (Lipinski definition) is 0. The topological polar surface area (TPSA) is 12.5 Å². The second-order valence-electron chi connectivity index (χ2n) is 4.30. The molecule has 4 heteroatoms. The molecule has 0 unspecified atom stereocenters. The molecule has 1 aliphatic rings. The SMILES string of the molecule is Fc1cccc(F)c1OCCN1CCCCC1. The molecule has 0 aromatic heterocycles. The second-order valence-corrected chi connectivity index (χ2v) is 4.30. The number of ether oxygens (including phenoxy) is 1. The molecule has 1 aromatic carbocycles. The molecule has 0 spiro atoms. The van der Waals surface area contributed by atoms with Crippen molar-refractivity contribution >= 4 is 0 Å². The zero-order valence-corrected chi connectivity index (χ0v) is 9.79. The molecular formula is C13H17F2NO. The Labute approximate surface area is 100 Å². The van der Waals surface area contributed by atoms with Crippen molar-refractivity contribution in [2.45, 2.75) is 19.3 Å². The van der Waals surface area contributed by atoms with Gasteiger partial charge in [-0.15, -0.1) is 0 Å². The molecule has 0 radical (unpaired) electrons. The maximum atomic E-state index is 13.2. The normalized spacial score (nSPS) is 17.1. The van der Waals surface area contributed by atoms with Crippen molar-refractivity contribution in [3.05, 3.63) is 29.8 Å². The number of hydrogen-bond acceptors (Lipinski definition) is 2. The fraction of sp³-hybridized carbons (Fsp3) is 0.538. The van der Waals surface area contributed by atoms with E-state index in [4.69, 9.17) is 4.74 Å². The Morgan fingerprint density at radius 1 is 1.06 bits per heavy atom. The first-order valence-electron chi connectivity index (χ1n) is 6.06. The quantitative estimate of drug-likeness (QED) is 0.803. The van der Waals surface area contributed by atoms with Gasteiger partial charge in [0.1, 0.15) is 6.61 Å². The first-order chi connectivity index (χ1) is 8.27. The van der Waals surface area contributed by atoms with Crippen molar-refractivity contribution in [2.75, 3.05) is 26.2 Å². The molecule has 0 amide bonds. The minimum Gasteiger partial charge on any atom is -0.486 e. The van der Waals surface area contributed by atoms with Gasteiger partial charge in [0, 0.05) is 6.54 Å². The Kier molecular flexibility index (Phi) is 4.31. The number of nitrogens with zero attached hydrogens (tertiary/aromatic N) is 1. The summed E-state index contributed by atoms with van der Waals surface area (Å²) in [6.07, 6.45) is 3.68. The van der Waals surface area contributed by atoms with Gasteiger partial charge in [-0.25, -0.2) is 8.78 Å². The average molecular weight is 241 g/mol. The highest BCUT2D eigenvalue weighted by Crippen LogP contribution is 2.20. The second kappa shape index (κ2) is 5.96. The van der Waals surface area contributed by atoms with Crippen LogP contribution in [0.4, 0.5) is 8.78 Å². The molecule has 1 aromatic rings. The van der Waals surface area contributed by atoms with Crippen LogP contribution < -0.4 is 4.74 Å². The van der Waals surface area contributed by atoms with E-state index in [1.54, 1.807) is 0 Å². The summed E-state index contributed by atoms with van der Waals surface area (Å²) in [6, 6.07) is 3.75. The first kappa shape index (κ1) is 12.3. The van der Waals surface area contributed by atoms with Gasteiger partial charge in [-0.05, 0) is 38.1 Å². The van der Waals surface area contributed by atoms with Gasteiger partial charge in [-0.1, -0.05) is 12.5 Å². The van der Waals surface area contributed by atoms with Gasteiger partial charge in [0.2, 0.25) is 0 Å². The molecule has 1 saturated heterocycles. The number of halogens is 2. The predicted molar refractivity (Wildman–Crippen MR) is 62.1 cm³/mol. The fourth-order valence-electron chi connectivity index (χ4n) is 2.08. The van der Waals surface area contributed by atoms with Crippen LogP contribution >= 0.6 is 0 Å². The van der Waals surface area contributed by atoms with Crippen molar-refractivity contribution in [3.8, 4) is 5.75 Å². The molecule has 0 aliphatic carbocycles. The van der Waals surface area contributed by atoms with Crippen molar-refractivity contribution in [3.63, 3.8) is 0 Å². The van der Waals surface area contributed by atoms with Gasteiger partial charge in [0.25, 0.3) is 0 Å². The third-order valence-corrected chi connectivity index (χ3v) is 3.02. The smallest absolute Gasteiger partial charge is 0.190 e. The Morgan fingerprint density at radius 3 is 2.35 bits per heavy atom. The average Bonchev–Trinajstić information content (AvgIpc) is 2.34. The van der Waals surface area contributed by atoms with Gasteiger partial charge in [0.05, 0.1) is 0 Å². The van der Waals surface area contributed by atoms with Crippen LogP contribution in [0.5, 0.6) is 5.75 Å². The summed E-state index contributed by atoms with van der Waals surface area (Å²) in [5.41, 5.74) is 0. The van der Waals surface area contributed by atoms with E-state index in [-0.39, 0.29) is 5.75 Å². The first-order valence-corrected chi connectivity index (χ1v) is 6.06. The van der Waals surface area contributed by atoms with Crippen molar-refractivity contribution in [1.82, 2.24) is 4.90 Å². The molecule has 0 bridgehead atoms.